The lowest BCUT2D eigenvalue weighted by Crippen LogP contribution is -2.44. The van der Waals surface area contributed by atoms with Crippen molar-refractivity contribution in [3.63, 3.8) is 0 Å². The van der Waals surface area contributed by atoms with Gasteiger partial charge < -0.3 is 25.1 Å². The molecule has 40 heavy (non-hydrogen) atoms. The molecule has 1 unspecified atom stereocenters. The Kier molecular flexibility index (Phi) is 6.25. The number of rotatable bonds is 5. The van der Waals surface area contributed by atoms with Crippen LogP contribution in [0.1, 0.15) is 24.2 Å². The van der Waals surface area contributed by atoms with Gasteiger partial charge in [-0.05, 0) is 44.3 Å². The highest BCUT2D eigenvalue weighted by atomic mass is 19.4. The number of halogens is 3. The quantitative estimate of drug-likeness (QED) is 0.301. The van der Waals surface area contributed by atoms with E-state index in [4.69, 9.17) is 0 Å². The SMILES string of the molecule is CC(Nc1c(-c2nc3ccc(N4CCN(C)CC4)cc3[nH]2)c(=O)[nH]c2cn(C)nc12)c1ncccc1C(F)(F)F. The van der Waals surface area contributed by atoms with Gasteiger partial charge in [-0.15, -0.1) is 0 Å². The zero-order valence-corrected chi connectivity index (χ0v) is 22.2. The van der Waals surface area contributed by atoms with E-state index in [0.29, 0.717) is 16.6 Å². The Morgan fingerprint density at radius 3 is 2.58 bits per heavy atom. The monoisotopic (exact) mass is 551 g/mol. The number of fused-ring (bicyclic) bond motifs is 2. The molecule has 0 saturated carbocycles. The van der Waals surface area contributed by atoms with Crippen molar-refractivity contribution in [3.8, 4) is 11.4 Å². The molecule has 1 aromatic carbocycles. The van der Waals surface area contributed by atoms with Gasteiger partial charge in [0.2, 0.25) is 0 Å². The molecule has 5 aromatic rings. The zero-order valence-electron chi connectivity index (χ0n) is 22.2. The van der Waals surface area contributed by atoms with Crippen molar-refractivity contribution in [2.24, 2.45) is 7.05 Å². The first-order valence-corrected chi connectivity index (χ1v) is 12.9. The van der Waals surface area contributed by atoms with Crippen LogP contribution in [0.4, 0.5) is 24.5 Å². The molecule has 1 fully saturated rings. The Bertz CT molecular complexity index is 1760. The number of hydrogen-bond donors (Lipinski definition) is 3. The lowest BCUT2D eigenvalue weighted by molar-refractivity contribution is -0.138. The number of anilines is 2. The van der Waals surface area contributed by atoms with E-state index >= 15 is 0 Å². The molecule has 0 amide bonds. The molecule has 1 aliphatic heterocycles. The summed E-state index contributed by atoms with van der Waals surface area (Å²) < 4.78 is 42.8. The topological polar surface area (TPSA) is 111 Å². The van der Waals surface area contributed by atoms with Crippen LogP contribution in [0.25, 0.3) is 33.5 Å². The van der Waals surface area contributed by atoms with E-state index in [9.17, 15) is 18.0 Å². The third kappa shape index (κ3) is 4.66. The summed E-state index contributed by atoms with van der Waals surface area (Å²) in [4.78, 5) is 32.8. The Morgan fingerprint density at radius 1 is 1.05 bits per heavy atom. The van der Waals surface area contributed by atoms with Gasteiger partial charge in [-0.25, -0.2) is 4.98 Å². The van der Waals surface area contributed by atoms with E-state index in [1.165, 1.54) is 16.9 Å². The molecule has 1 aliphatic rings. The van der Waals surface area contributed by atoms with E-state index in [2.05, 4.69) is 47.2 Å². The van der Waals surface area contributed by atoms with E-state index in [1.54, 1.807) is 20.2 Å². The first kappa shape index (κ1) is 25.9. The Labute approximate surface area is 226 Å². The summed E-state index contributed by atoms with van der Waals surface area (Å²) in [7, 11) is 3.80. The van der Waals surface area contributed by atoms with Crippen molar-refractivity contribution in [1.29, 1.82) is 0 Å². The Balaban J connectivity index is 1.45. The van der Waals surface area contributed by atoms with E-state index in [-0.39, 0.29) is 22.8 Å². The summed E-state index contributed by atoms with van der Waals surface area (Å²) >= 11 is 0. The van der Waals surface area contributed by atoms with Crippen LogP contribution in [0.5, 0.6) is 0 Å². The molecule has 5 heterocycles. The molecule has 13 heteroatoms. The van der Waals surface area contributed by atoms with Gasteiger partial charge in [0, 0.05) is 51.3 Å². The summed E-state index contributed by atoms with van der Waals surface area (Å²) in [6.07, 6.45) is -1.63. The number of aromatic amines is 2. The van der Waals surface area contributed by atoms with Crippen molar-refractivity contribution >= 4 is 33.4 Å². The summed E-state index contributed by atoms with van der Waals surface area (Å²) in [6.45, 7) is 5.30. The van der Waals surface area contributed by atoms with Crippen molar-refractivity contribution in [3.05, 3.63) is 64.3 Å². The largest absolute Gasteiger partial charge is 0.418 e. The van der Waals surface area contributed by atoms with Gasteiger partial charge in [0.25, 0.3) is 5.56 Å². The van der Waals surface area contributed by atoms with E-state index < -0.39 is 23.3 Å². The maximum atomic E-state index is 13.8. The summed E-state index contributed by atoms with van der Waals surface area (Å²) in [6, 6.07) is 7.24. The second-order valence-corrected chi connectivity index (χ2v) is 10.1. The number of imidazole rings is 1. The molecule has 0 aliphatic carbocycles. The highest BCUT2D eigenvalue weighted by Crippen LogP contribution is 2.37. The number of alkyl halides is 3. The molecule has 1 atom stereocenters. The number of hydrogen-bond acceptors (Lipinski definition) is 7. The molecule has 0 radical (unpaired) electrons. The smallest absolute Gasteiger partial charge is 0.374 e. The van der Waals surface area contributed by atoms with E-state index in [1.807, 2.05) is 18.2 Å². The predicted molar refractivity (Wildman–Crippen MR) is 147 cm³/mol. The van der Waals surface area contributed by atoms with Gasteiger partial charge in [-0.2, -0.15) is 18.3 Å². The fourth-order valence-electron chi connectivity index (χ4n) is 5.21. The highest BCUT2D eigenvalue weighted by Gasteiger charge is 2.35. The van der Waals surface area contributed by atoms with Crippen molar-refractivity contribution in [2.45, 2.75) is 19.1 Å². The number of H-pyrrole nitrogens is 2. The Hall–Kier alpha value is -4.39. The molecular formula is C27H28F3N9O. The minimum atomic E-state index is -4.59. The Morgan fingerprint density at radius 2 is 1.82 bits per heavy atom. The number of aromatic nitrogens is 6. The van der Waals surface area contributed by atoms with Crippen LogP contribution in [0, 0.1) is 0 Å². The summed E-state index contributed by atoms with van der Waals surface area (Å²) in [5.74, 6) is 0.283. The molecule has 0 spiro atoms. The van der Waals surface area contributed by atoms with Crippen LogP contribution in [0.3, 0.4) is 0 Å². The van der Waals surface area contributed by atoms with Crippen LogP contribution in [-0.4, -0.2) is 67.8 Å². The van der Waals surface area contributed by atoms with Gasteiger partial charge in [0.1, 0.15) is 16.9 Å². The van der Waals surface area contributed by atoms with Crippen LogP contribution >= 0.6 is 0 Å². The number of piperazine rings is 1. The molecule has 208 valence electrons. The van der Waals surface area contributed by atoms with Gasteiger partial charge >= 0.3 is 6.18 Å². The first-order valence-electron chi connectivity index (χ1n) is 12.9. The molecule has 4 aromatic heterocycles. The standard InChI is InChI=1S/C27H28F3N9O/c1-15(22-17(27(28,29)30)5-4-8-31-22)32-24-21(26(40)35-20-14-38(3)36-23(20)24)25-33-18-7-6-16(13-19(18)34-25)39-11-9-37(2)10-12-39/h4-8,13-15,32H,9-12H2,1-3H3,(H,33,34)(H,35,40). The van der Waals surface area contributed by atoms with Gasteiger partial charge in [-0.1, -0.05) is 0 Å². The normalized spacial score (nSPS) is 15.7. The minimum absolute atomic E-state index is 0.153. The molecule has 1 saturated heterocycles. The summed E-state index contributed by atoms with van der Waals surface area (Å²) in [5, 5.41) is 7.60. The fourth-order valence-corrected chi connectivity index (χ4v) is 5.21. The van der Waals surface area contributed by atoms with Gasteiger partial charge in [0.15, 0.2) is 0 Å². The molecule has 3 N–H and O–H groups in total. The average Bonchev–Trinajstić information content (AvgIpc) is 3.50. The third-order valence-electron chi connectivity index (χ3n) is 7.28. The van der Waals surface area contributed by atoms with E-state index in [0.717, 1.165) is 43.4 Å². The lowest BCUT2D eigenvalue weighted by atomic mass is 10.1. The summed E-state index contributed by atoms with van der Waals surface area (Å²) in [5.41, 5.74) is 2.22. The molecular weight excluding hydrogens is 523 g/mol. The predicted octanol–water partition coefficient (Wildman–Crippen LogP) is 4.14. The zero-order chi connectivity index (χ0) is 28.2. The molecule has 6 rings (SSSR count). The molecule has 0 bridgehead atoms. The van der Waals surface area contributed by atoms with Crippen LogP contribution in [-0.2, 0) is 13.2 Å². The fraction of sp³-hybridized carbons (Fsp3) is 0.333. The van der Waals surface area contributed by atoms with Crippen molar-refractivity contribution < 1.29 is 13.2 Å². The number of aryl methyl sites for hydroxylation is 1. The minimum Gasteiger partial charge on any atom is -0.374 e. The number of nitrogens with one attached hydrogen (secondary N) is 3. The van der Waals surface area contributed by atoms with Gasteiger partial charge in [-0.3, -0.25) is 14.5 Å². The number of nitrogens with zero attached hydrogens (tertiary/aromatic N) is 6. The second-order valence-electron chi connectivity index (χ2n) is 10.1. The molecule has 10 nitrogen and oxygen atoms in total. The first-order chi connectivity index (χ1) is 19.1. The van der Waals surface area contributed by atoms with Gasteiger partial charge in [0.05, 0.1) is 39.5 Å². The van der Waals surface area contributed by atoms with Crippen LogP contribution in [0.15, 0.2) is 47.5 Å². The van der Waals surface area contributed by atoms with Crippen molar-refractivity contribution in [1.82, 2.24) is 34.6 Å². The maximum absolute atomic E-state index is 13.8. The number of pyridine rings is 2. The van der Waals surface area contributed by atoms with Crippen molar-refractivity contribution in [2.75, 3.05) is 43.4 Å². The number of likely N-dealkylation sites (N-methyl/N-ethyl adjacent to an activating group) is 1. The maximum Gasteiger partial charge on any atom is 0.418 e. The van der Waals surface area contributed by atoms with Crippen LogP contribution in [0.2, 0.25) is 0 Å². The third-order valence-corrected chi connectivity index (χ3v) is 7.28. The second kappa shape index (κ2) is 9.66. The lowest BCUT2D eigenvalue weighted by Gasteiger charge is -2.34. The number of benzene rings is 1. The highest BCUT2D eigenvalue weighted by molar-refractivity contribution is 5.96. The average molecular weight is 552 g/mol. The van der Waals surface area contributed by atoms with Crippen LogP contribution < -0.4 is 15.8 Å².